The Morgan fingerprint density at radius 1 is 1.02 bits per heavy atom. The van der Waals surface area contributed by atoms with Crippen molar-refractivity contribution in [1.82, 2.24) is 20.6 Å². The van der Waals surface area contributed by atoms with Gasteiger partial charge in [-0.1, -0.05) is 13.3 Å². The minimum Gasteiger partial charge on any atom is -0.496 e. The van der Waals surface area contributed by atoms with Gasteiger partial charge in [-0.3, -0.25) is 14.3 Å². The number of carbonyl (C=O) groups excluding carboxylic acids is 2. The predicted octanol–water partition coefficient (Wildman–Crippen LogP) is 7.65. The Morgan fingerprint density at radius 2 is 1.72 bits per heavy atom. The van der Waals surface area contributed by atoms with Crippen LogP contribution < -0.4 is 15.4 Å². The molecule has 0 spiro atoms. The van der Waals surface area contributed by atoms with E-state index in [0.717, 1.165) is 23.1 Å². The van der Waals surface area contributed by atoms with Crippen LogP contribution >= 0.6 is 0 Å². The summed E-state index contributed by atoms with van der Waals surface area (Å²) < 4.78 is 68.9. The number of aryl methyl sites for hydroxylation is 2. The van der Waals surface area contributed by atoms with E-state index in [1.165, 1.54) is 38.7 Å². The molecule has 0 unspecified atom stereocenters. The highest BCUT2D eigenvalue weighted by Crippen LogP contribution is 2.45. The van der Waals surface area contributed by atoms with Gasteiger partial charge in [0.15, 0.2) is 5.82 Å². The molecule has 2 N–H and O–H groups in total. The van der Waals surface area contributed by atoms with E-state index in [2.05, 4.69) is 25.3 Å². The van der Waals surface area contributed by atoms with Gasteiger partial charge in [-0.25, -0.2) is 14.4 Å². The van der Waals surface area contributed by atoms with Crippen LogP contribution in [0.2, 0.25) is 0 Å². The highest BCUT2D eigenvalue weighted by atomic mass is 19.4. The summed E-state index contributed by atoms with van der Waals surface area (Å²) in [6.07, 6.45) is -2.10. The van der Waals surface area contributed by atoms with Gasteiger partial charge in [-0.15, -0.1) is 13.2 Å². The molecule has 6 rings (SSSR count). The Hall–Kier alpha value is -5.30. The first kappa shape index (κ1) is 34.6. The quantitative estimate of drug-likeness (QED) is 0.145. The maximum Gasteiger partial charge on any atom is 0.522 e. The summed E-state index contributed by atoms with van der Waals surface area (Å²) in [5.74, 6) is -0.732. The van der Waals surface area contributed by atoms with E-state index in [4.69, 9.17) is 9.15 Å². The number of amides is 2. The molecule has 260 valence electrons. The Bertz CT molecular complexity index is 2060. The summed E-state index contributed by atoms with van der Waals surface area (Å²) in [6.45, 7) is 3.89. The number of hydrogen-bond donors (Lipinski definition) is 2. The number of fused-ring (bicyclic) bond motifs is 1. The molecule has 1 aliphatic carbocycles. The normalized spacial score (nSPS) is 17.3. The minimum absolute atomic E-state index is 0.136. The molecule has 3 aromatic carbocycles. The summed E-state index contributed by atoms with van der Waals surface area (Å²) in [6, 6.07) is 14.3. The number of nitrogens with zero attached hydrogens (tertiary/aromatic N) is 2. The summed E-state index contributed by atoms with van der Waals surface area (Å²) in [5, 5.41) is 6.08. The van der Waals surface area contributed by atoms with Crippen molar-refractivity contribution in [2.75, 3.05) is 14.2 Å². The largest absolute Gasteiger partial charge is 0.522 e. The number of carbonyl (C=O) groups is 2. The first-order chi connectivity index (χ1) is 23.9. The summed E-state index contributed by atoms with van der Waals surface area (Å²) >= 11 is 0. The number of halogens is 4. The molecule has 2 aromatic heterocycles. The zero-order valence-electron chi connectivity index (χ0n) is 27.7. The van der Waals surface area contributed by atoms with E-state index >= 15 is 0 Å². The molecule has 0 bridgehead atoms. The Balaban J connectivity index is 1.46. The average molecular weight is 691 g/mol. The molecule has 1 aliphatic rings. The lowest BCUT2D eigenvalue weighted by Gasteiger charge is -2.46. The molecule has 5 aromatic rings. The van der Waals surface area contributed by atoms with Crippen LogP contribution in [0.1, 0.15) is 63.9 Å². The number of alkyl halides is 3. The summed E-state index contributed by atoms with van der Waals surface area (Å²) in [7, 11) is 2.93. The van der Waals surface area contributed by atoms with Crippen molar-refractivity contribution in [2.45, 2.75) is 57.5 Å². The van der Waals surface area contributed by atoms with E-state index in [9.17, 15) is 27.2 Å². The first-order valence-electron chi connectivity index (χ1n) is 16.0. The second-order valence-electron chi connectivity index (χ2n) is 12.2. The standard InChI is InChI=1S/C37H34F4N4O5/c1-5-7-22-15-30-27(31(34(47)42-3)32(49-30)21-8-10-23(38)11-9-21)17-26(22)25-16-28(29(48-4)14-20(25)2)33(46)45-36(35-43-12-6-13-44-35)18-24(19-36)50-37(39,40)41/h6,8-17,24H,5,7,18-19H2,1-4H3,(H,42,47)(H,45,46). The van der Waals surface area contributed by atoms with Crippen LogP contribution in [0.15, 0.2) is 71.4 Å². The number of benzene rings is 3. The number of nitrogens with one attached hydrogen (secondary N) is 2. The van der Waals surface area contributed by atoms with E-state index in [1.807, 2.05) is 26.0 Å². The van der Waals surface area contributed by atoms with Gasteiger partial charge in [0.1, 0.15) is 28.4 Å². The fraction of sp³-hybridized carbons (Fsp3) is 0.297. The summed E-state index contributed by atoms with van der Waals surface area (Å²) in [4.78, 5) is 35.8. The van der Waals surface area contributed by atoms with Crippen molar-refractivity contribution in [1.29, 1.82) is 0 Å². The third kappa shape index (κ3) is 6.65. The van der Waals surface area contributed by atoms with Crippen LogP contribution in [-0.4, -0.2) is 48.4 Å². The van der Waals surface area contributed by atoms with E-state index in [-0.39, 0.29) is 41.3 Å². The van der Waals surface area contributed by atoms with Crippen LogP contribution in [0.4, 0.5) is 17.6 Å². The third-order valence-electron chi connectivity index (χ3n) is 8.87. The summed E-state index contributed by atoms with van der Waals surface area (Å²) in [5.41, 5.74) is 3.15. The van der Waals surface area contributed by atoms with Crippen LogP contribution in [0.25, 0.3) is 33.4 Å². The smallest absolute Gasteiger partial charge is 0.496 e. The molecule has 0 aliphatic heterocycles. The van der Waals surface area contributed by atoms with Crippen LogP contribution in [0.3, 0.4) is 0 Å². The van der Waals surface area contributed by atoms with E-state index in [0.29, 0.717) is 28.5 Å². The van der Waals surface area contributed by atoms with Gasteiger partial charge in [0.2, 0.25) is 0 Å². The molecule has 9 nitrogen and oxygen atoms in total. The van der Waals surface area contributed by atoms with Gasteiger partial charge in [0.05, 0.1) is 24.3 Å². The number of aromatic nitrogens is 2. The van der Waals surface area contributed by atoms with Crippen molar-refractivity contribution >= 4 is 22.8 Å². The van der Waals surface area contributed by atoms with E-state index in [1.54, 1.807) is 30.3 Å². The fourth-order valence-corrected chi connectivity index (χ4v) is 6.55. The molecule has 2 amide bonds. The Labute approximate surface area is 285 Å². The van der Waals surface area contributed by atoms with Crippen molar-refractivity contribution < 1.29 is 41.0 Å². The number of ether oxygens (including phenoxy) is 2. The zero-order chi connectivity index (χ0) is 35.8. The van der Waals surface area contributed by atoms with Gasteiger partial charge in [0.25, 0.3) is 11.8 Å². The number of hydrogen-bond acceptors (Lipinski definition) is 7. The van der Waals surface area contributed by atoms with Gasteiger partial charge in [0, 0.05) is 43.2 Å². The lowest BCUT2D eigenvalue weighted by Crippen LogP contribution is -2.59. The fourth-order valence-electron chi connectivity index (χ4n) is 6.55. The molecule has 0 saturated heterocycles. The highest BCUT2D eigenvalue weighted by Gasteiger charge is 2.53. The van der Waals surface area contributed by atoms with Crippen molar-refractivity contribution in [3.63, 3.8) is 0 Å². The molecule has 1 saturated carbocycles. The molecular weight excluding hydrogens is 656 g/mol. The lowest BCUT2D eigenvalue weighted by molar-refractivity contribution is -0.356. The van der Waals surface area contributed by atoms with E-state index < -0.39 is 35.6 Å². The zero-order valence-corrected chi connectivity index (χ0v) is 27.7. The van der Waals surface area contributed by atoms with Crippen molar-refractivity contribution in [3.05, 3.63) is 101 Å². The topological polar surface area (TPSA) is 116 Å². The second-order valence-corrected chi connectivity index (χ2v) is 12.2. The number of furan rings is 1. The number of methoxy groups -OCH3 is 1. The minimum atomic E-state index is -4.84. The molecular formula is C37H34F4N4O5. The predicted molar refractivity (Wildman–Crippen MR) is 177 cm³/mol. The first-order valence-corrected chi connectivity index (χ1v) is 16.0. The van der Waals surface area contributed by atoms with Gasteiger partial charge in [-0.2, -0.15) is 0 Å². The maximum absolute atomic E-state index is 14.1. The van der Waals surface area contributed by atoms with Gasteiger partial charge < -0.3 is 19.8 Å². The molecule has 50 heavy (non-hydrogen) atoms. The molecule has 2 heterocycles. The SMILES string of the molecule is CCCc1cc2oc(-c3ccc(F)cc3)c(C(=O)NC)c2cc1-c1cc(C(=O)NC2(c3ncccn3)CC(OC(F)(F)F)C2)c(OC)cc1C. The second kappa shape index (κ2) is 13.5. The molecule has 1 fully saturated rings. The van der Waals surface area contributed by atoms with Gasteiger partial charge in [-0.05, 0) is 90.2 Å². The van der Waals surface area contributed by atoms with Crippen LogP contribution in [0.5, 0.6) is 5.75 Å². The molecule has 0 atom stereocenters. The highest BCUT2D eigenvalue weighted by molar-refractivity contribution is 6.12. The van der Waals surface area contributed by atoms with Gasteiger partial charge >= 0.3 is 6.36 Å². The monoisotopic (exact) mass is 690 g/mol. The van der Waals surface area contributed by atoms with Crippen molar-refractivity contribution in [3.8, 4) is 28.2 Å². The maximum atomic E-state index is 14.1. The van der Waals surface area contributed by atoms with Crippen molar-refractivity contribution in [2.24, 2.45) is 0 Å². The Morgan fingerprint density at radius 3 is 2.34 bits per heavy atom. The molecule has 0 radical (unpaired) electrons. The number of rotatable bonds is 10. The average Bonchev–Trinajstić information content (AvgIpc) is 3.44. The van der Waals surface area contributed by atoms with Crippen LogP contribution in [-0.2, 0) is 16.7 Å². The lowest BCUT2D eigenvalue weighted by atomic mass is 9.73. The van der Waals surface area contributed by atoms with Crippen LogP contribution in [0, 0.1) is 12.7 Å². The Kier molecular flexibility index (Phi) is 9.36. The molecule has 13 heteroatoms. The third-order valence-corrected chi connectivity index (χ3v) is 8.87.